The second kappa shape index (κ2) is 10.7. The molecule has 1 aliphatic rings. The molecule has 36 heavy (non-hydrogen) atoms. The standard InChI is InChI=1S/C23H30N6O6S/c1-5-35-21(30)9-7-18-16(2)26-23-24-15-25-29(23)22(18)27-10-12-28(13-11-27)36(31,32)20-14-17(33-3)6-8-19(20)34-4/h6,8,14-15H,5,7,9-13H2,1-4H3. The van der Waals surface area contributed by atoms with Gasteiger partial charge in [0.25, 0.3) is 5.78 Å². The summed E-state index contributed by atoms with van der Waals surface area (Å²) in [7, 11) is -0.907. The van der Waals surface area contributed by atoms with Crippen LogP contribution in [-0.2, 0) is 26.0 Å². The molecule has 0 saturated carbocycles. The quantitative estimate of drug-likeness (QED) is 0.384. The molecule has 1 aromatic carbocycles. The largest absolute Gasteiger partial charge is 0.497 e. The molecule has 0 amide bonds. The number of benzene rings is 1. The number of carbonyl (C=O) groups excluding carboxylic acids is 1. The summed E-state index contributed by atoms with van der Waals surface area (Å²) < 4.78 is 45.7. The molecule has 3 aromatic rings. The lowest BCUT2D eigenvalue weighted by Gasteiger charge is -2.36. The number of aryl methyl sites for hydroxylation is 1. The second-order valence-corrected chi connectivity index (χ2v) is 10.1. The minimum atomic E-state index is -3.83. The highest BCUT2D eigenvalue weighted by Crippen LogP contribution is 2.32. The maximum Gasteiger partial charge on any atom is 0.306 e. The van der Waals surface area contributed by atoms with Crippen LogP contribution >= 0.6 is 0 Å². The van der Waals surface area contributed by atoms with Crippen LogP contribution in [0.4, 0.5) is 5.82 Å². The Hall–Kier alpha value is -3.45. The number of anilines is 1. The highest BCUT2D eigenvalue weighted by atomic mass is 32.2. The second-order valence-electron chi connectivity index (χ2n) is 8.18. The number of hydrogen-bond donors (Lipinski definition) is 0. The Kier molecular flexibility index (Phi) is 7.59. The van der Waals surface area contributed by atoms with Crippen LogP contribution in [0.25, 0.3) is 5.78 Å². The van der Waals surface area contributed by atoms with Crippen molar-refractivity contribution in [3.8, 4) is 11.5 Å². The van der Waals surface area contributed by atoms with Gasteiger partial charge in [0.2, 0.25) is 10.0 Å². The predicted octanol–water partition coefficient (Wildman–Crippen LogP) is 1.46. The molecule has 1 aliphatic heterocycles. The molecule has 12 nitrogen and oxygen atoms in total. The predicted molar refractivity (Wildman–Crippen MR) is 131 cm³/mol. The fraction of sp³-hybridized carbons (Fsp3) is 0.478. The van der Waals surface area contributed by atoms with Gasteiger partial charge in [0.15, 0.2) is 0 Å². The summed E-state index contributed by atoms with van der Waals surface area (Å²) in [5.74, 6) is 1.60. The van der Waals surface area contributed by atoms with Crippen molar-refractivity contribution in [3.05, 3.63) is 35.8 Å². The normalized spacial score (nSPS) is 14.7. The fourth-order valence-electron chi connectivity index (χ4n) is 4.31. The summed E-state index contributed by atoms with van der Waals surface area (Å²) >= 11 is 0. The summed E-state index contributed by atoms with van der Waals surface area (Å²) in [6, 6.07) is 4.71. The van der Waals surface area contributed by atoms with Crippen molar-refractivity contribution in [2.75, 3.05) is 51.9 Å². The van der Waals surface area contributed by atoms with Gasteiger partial charge >= 0.3 is 5.97 Å². The number of rotatable bonds is 9. The Bertz CT molecular complexity index is 1350. The summed E-state index contributed by atoms with van der Waals surface area (Å²) in [5, 5.41) is 4.34. The highest BCUT2D eigenvalue weighted by molar-refractivity contribution is 7.89. The molecule has 0 N–H and O–H groups in total. The smallest absolute Gasteiger partial charge is 0.306 e. The number of fused-ring (bicyclic) bond motifs is 1. The number of piperazine rings is 1. The van der Waals surface area contributed by atoms with E-state index in [2.05, 4.69) is 20.0 Å². The van der Waals surface area contributed by atoms with Crippen LogP contribution in [0.3, 0.4) is 0 Å². The number of hydrogen-bond acceptors (Lipinski definition) is 10. The lowest BCUT2D eigenvalue weighted by atomic mass is 10.1. The Labute approximate surface area is 209 Å². The van der Waals surface area contributed by atoms with Gasteiger partial charge in [-0.2, -0.15) is 18.9 Å². The van der Waals surface area contributed by atoms with Crippen LogP contribution in [0.5, 0.6) is 11.5 Å². The van der Waals surface area contributed by atoms with Crippen LogP contribution < -0.4 is 14.4 Å². The molecule has 3 heterocycles. The monoisotopic (exact) mass is 518 g/mol. The topological polar surface area (TPSA) is 128 Å². The average molecular weight is 519 g/mol. The molecular weight excluding hydrogens is 488 g/mol. The lowest BCUT2D eigenvalue weighted by Crippen LogP contribution is -2.49. The van der Waals surface area contributed by atoms with Crippen molar-refractivity contribution in [2.45, 2.75) is 31.6 Å². The van der Waals surface area contributed by atoms with Crippen LogP contribution in [0.2, 0.25) is 0 Å². The van der Waals surface area contributed by atoms with Crippen LogP contribution in [0.15, 0.2) is 29.4 Å². The lowest BCUT2D eigenvalue weighted by molar-refractivity contribution is -0.143. The van der Waals surface area contributed by atoms with E-state index >= 15 is 0 Å². The minimum absolute atomic E-state index is 0.0614. The molecule has 2 aromatic heterocycles. The van der Waals surface area contributed by atoms with Gasteiger partial charge in [0.1, 0.15) is 28.5 Å². The third-order valence-electron chi connectivity index (χ3n) is 6.12. The Morgan fingerprint density at radius 3 is 2.53 bits per heavy atom. The first-order chi connectivity index (χ1) is 17.3. The van der Waals surface area contributed by atoms with Gasteiger partial charge in [0, 0.05) is 49.9 Å². The van der Waals surface area contributed by atoms with E-state index in [1.807, 2.05) is 6.92 Å². The molecule has 0 radical (unpaired) electrons. The maximum atomic E-state index is 13.5. The van der Waals surface area contributed by atoms with Crippen molar-refractivity contribution in [2.24, 2.45) is 0 Å². The van der Waals surface area contributed by atoms with E-state index in [9.17, 15) is 13.2 Å². The third-order valence-corrected chi connectivity index (χ3v) is 8.04. The summed E-state index contributed by atoms with van der Waals surface area (Å²) in [4.78, 5) is 22.9. The molecule has 0 bridgehead atoms. The number of ether oxygens (including phenoxy) is 3. The van der Waals surface area contributed by atoms with Gasteiger partial charge < -0.3 is 19.1 Å². The number of nitrogens with zero attached hydrogens (tertiary/aromatic N) is 6. The zero-order valence-electron chi connectivity index (χ0n) is 20.8. The first-order valence-electron chi connectivity index (χ1n) is 11.6. The number of carbonyl (C=O) groups is 1. The number of methoxy groups -OCH3 is 2. The van der Waals surface area contributed by atoms with Crippen LogP contribution in [-0.4, -0.2) is 85.3 Å². The van der Waals surface area contributed by atoms with Crippen molar-refractivity contribution < 1.29 is 27.4 Å². The number of aromatic nitrogens is 4. The van der Waals surface area contributed by atoms with E-state index in [0.717, 1.165) is 17.1 Å². The average Bonchev–Trinajstić information content (AvgIpc) is 3.34. The Balaban J connectivity index is 1.61. The van der Waals surface area contributed by atoms with Crippen molar-refractivity contribution >= 4 is 27.6 Å². The zero-order chi connectivity index (χ0) is 25.9. The number of esters is 1. The first kappa shape index (κ1) is 25.6. The van der Waals surface area contributed by atoms with Crippen molar-refractivity contribution in [1.82, 2.24) is 23.9 Å². The Morgan fingerprint density at radius 2 is 1.86 bits per heavy atom. The molecule has 1 saturated heterocycles. The van der Waals surface area contributed by atoms with Gasteiger partial charge in [-0.05, 0) is 32.4 Å². The van der Waals surface area contributed by atoms with Gasteiger partial charge in [0.05, 0.1) is 20.8 Å². The molecular formula is C23H30N6O6S. The fourth-order valence-corrected chi connectivity index (χ4v) is 5.90. The molecule has 0 atom stereocenters. The summed E-state index contributed by atoms with van der Waals surface area (Å²) in [6.07, 6.45) is 2.05. The zero-order valence-corrected chi connectivity index (χ0v) is 21.6. The van der Waals surface area contributed by atoms with Crippen LogP contribution in [0, 0.1) is 6.92 Å². The van der Waals surface area contributed by atoms with Gasteiger partial charge in [-0.1, -0.05) is 0 Å². The van der Waals surface area contributed by atoms with Gasteiger partial charge in [-0.3, -0.25) is 4.79 Å². The highest BCUT2D eigenvalue weighted by Gasteiger charge is 2.33. The van der Waals surface area contributed by atoms with E-state index in [-0.39, 0.29) is 36.1 Å². The molecule has 0 aliphatic carbocycles. The maximum absolute atomic E-state index is 13.5. The number of sulfonamides is 1. The van der Waals surface area contributed by atoms with E-state index in [4.69, 9.17) is 14.2 Å². The van der Waals surface area contributed by atoms with Gasteiger partial charge in [-0.15, -0.1) is 0 Å². The van der Waals surface area contributed by atoms with Gasteiger partial charge in [-0.25, -0.2) is 13.4 Å². The summed E-state index contributed by atoms with van der Waals surface area (Å²) in [6.45, 7) is 5.28. The van der Waals surface area contributed by atoms with E-state index in [1.165, 1.54) is 30.9 Å². The molecule has 13 heteroatoms. The SMILES string of the molecule is CCOC(=O)CCc1c(C)nc2ncnn2c1N1CCN(S(=O)(=O)c2cc(OC)ccc2OC)CC1. The molecule has 0 unspecified atom stereocenters. The third kappa shape index (κ3) is 4.93. The Morgan fingerprint density at radius 1 is 1.11 bits per heavy atom. The molecule has 194 valence electrons. The molecule has 1 fully saturated rings. The van der Waals surface area contributed by atoms with E-state index < -0.39 is 10.0 Å². The van der Waals surface area contributed by atoms with Crippen LogP contribution in [0.1, 0.15) is 24.6 Å². The minimum Gasteiger partial charge on any atom is -0.497 e. The first-order valence-corrected chi connectivity index (χ1v) is 13.1. The van der Waals surface area contributed by atoms with Crippen molar-refractivity contribution in [1.29, 1.82) is 0 Å². The van der Waals surface area contributed by atoms with E-state index in [1.54, 1.807) is 23.6 Å². The molecule has 0 spiro atoms. The van der Waals surface area contributed by atoms with E-state index in [0.29, 0.717) is 37.6 Å². The molecule has 4 rings (SSSR count). The van der Waals surface area contributed by atoms with Crippen molar-refractivity contribution in [3.63, 3.8) is 0 Å². The summed E-state index contributed by atoms with van der Waals surface area (Å²) in [5.41, 5.74) is 1.60.